The van der Waals surface area contributed by atoms with Crippen LogP contribution in [0, 0.1) is 0 Å². The molecule has 0 bridgehead atoms. The highest BCUT2D eigenvalue weighted by Crippen LogP contribution is 2.33. The monoisotopic (exact) mass is 618 g/mol. The van der Waals surface area contributed by atoms with E-state index >= 15 is 0 Å². The molecule has 2 aliphatic rings. The molecule has 4 N–H and O–H groups in total. The van der Waals surface area contributed by atoms with Crippen molar-refractivity contribution in [2.24, 2.45) is 0 Å². The Morgan fingerprint density at radius 1 is 0.821 bits per heavy atom. The van der Waals surface area contributed by atoms with Crippen LogP contribution >= 0.6 is 23.5 Å². The third kappa shape index (κ3) is 7.86. The maximum Gasteiger partial charge on any atom is 0.326 e. The van der Waals surface area contributed by atoms with Crippen molar-refractivity contribution < 1.29 is 36.6 Å². The average Bonchev–Trinajstić information content (AvgIpc) is 3.27. The molecule has 0 aromatic heterocycles. The zero-order valence-electron chi connectivity index (χ0n) is 21.4. The Kier molecular flexibility index (Phi) is 9.90. The van der Waals surface area contributed by atoms with Gasteiger partial charge < -0.3 is 10.2 Å². The zero-order valence-corrected chi connectivity index (χ0v) is 24.7. The Bertz CT molecular complexity index is 1450. The summed E-state index contributed by atoms with van der Waals surface area (Å²) in [4.78, 5) is 22.3. The van der Waals surface area contributed by atoms with Crippen LogP contribution in [0.2, 0.25) is 0 Å². The van der Waals surface area contributed by atoms with E-state index in [4.69, 9.17) is 0 Å². The molecule has 2 fully saturated rings. The van der Waals surface area contributed by atoms with Crippen molar-refractivity contribution in [3.8, 4) is 11.5 Å². The van der Waals surface area contributed by atoms with Crippen LogP contribution in [0.25, 0.3) is 0 Å². The van der Waals surface area contributed by atoms with Gasteiger partial charge in [0.15, 0.2) is 0 Å². The number of carbonyl (C=O) groups excluding carboxylic acids is 2. The van der Waals surface area contributed by atoms with Crippen LogP contribution < -0.4 is 18.1 Å². The number of thioether (sulfide) groups is 2. The quantitative estimate of drug-likeness (QED) is 0.343. The lowest BCUT2D eigenvalue weighted by molar-refractivity contribution is -0.118. The lowest BCUT2D eigenvalue weighted by Crippen LogP contribution is -2.29. The van der Waals surface area contributed by atoms with Gasteiger partial charge in [0.2, 0.25) is 0 Å². The van der Waals surface area contributed by atoms with Gasteiger partial charge in [0, 0.05) is 11.5 Å². The van der Waals surface area contributed by atoms with E-state index < -0.39 is 32.2 Å². The van der Waals surface area contributed by atoms with Crippen LogP contribution in [0.4, 0.5) is 11.4 Å². The standard InChI is InChI=1S/C12H16N2O4S2.C11H14N2O4S2/c1-8(2)19-7-9-3-4-10(11(15)5-9)14-6-12(16)13-20(14,17)18;1-2-18-7-8-3-4-9(10(14)5-8)13-6-11(15)12-19(13,16)17/h3-5,8,15H,6-7H2,1-2H3,(H,13,16);3-5,14H,2,6-7H2,1H3,(H,12,15). The minimum atomic E-state index is -3.88. The number of nitrogens with one attached hydrogen (secondary N) is 2. The normalized spacial score (nSPS) is 17.5. The molecule has 214 valence electrons. The van der Waals surface area contributed by atoms with Crippen LogP contribution in [-0.2, 0) is 41.5 Å². The Morgan fingerprint density at radius 2 is 1.26 bits per heavy atom. The van der Waals surface area contributed by atoms with E-state index in [0.717, 1.165) is 37.0 Å². The number of phenolic OH excluding ortho intramolecular Hbond substituents is 2. The maximum atomic E-state index is 11.7. The lowest BCUT2D eigenvalue weighted by Gasteiger charge is -2.16. The Morgan fingerprint density at radius 3 is 1.59 bits per heavy atom. The number of aromatic hydroxyl groups is 2. The van der Waals surface area contributed by atoms with E-state index in [0.29, 0.717) is 5.25 Å². The van der Waals surface area contributed by atoms with Gasteiger partial charge >= 0.3 is 20.4 Å². The molecule has 2 heterocycles. The first kappa shape index (κ1) is 30.7. The van der Waals surface area contributed by atoms with Crippen LogP contribution in [0.1, 0.15) is 31.9 Å². The number of hydrogen-bond donors (Lipinski definition) is 4. The van der Waals surface area contributed by atoms with Crippen molar-refractivity contribution in [3.05, 3.63) is 47.5 Å². The van der Waals surface area contributed by atoms with E-state index in [1.54, 1.807) is 35.7 Å². The van der Waals surface area contributed by atoms with E-state index in [2.05, 4.69) is 13.8 Å². The first-order valence-electron chi connectivity index (χ1n) is 11.7. The number of nitrogens with zero attached hydrogens (tertiary/aromatic N) is 2. The summed E-state index contributed by atoms with van der Waals surface area (Å²) in [7, 11) is -7.75. The second-order valence-electron chi connectivity index (χ2n) is 8.72. The predicted molar refractivity (Wildman–Crippen MR) is 153 cm³/mol. The maximum absolute atomic E-state index is 11.7. The molecule has 16 heteroatoms. The van der Waals surface area contributed by atoms with Crippen molar-refractivity contribution in [1.29, 1.82) is 0 Å². The molecule has 0 radical (unpaired) electrons. The highest BCUT2D eigenvalue weighted by Gasteiger charge is 2.36. The highest BCUT2D eigenvalue weighted by atomic mass is 32.2. The summed E-state index contributed by atoms with van der Waals surface area (Å²) in [5.74, 6) is 0.931. The first-order valence-corrected chi connectivity index (χ1v) is 16.8. The molecule has 2 aromatic carbocycles. The molecular weight excluding hydrogens is 589 g/mol. The minimum Gasteiger partial charge on any atom is -0.506 e. The van der Waals surface area contributed by atoms with Crippen molar-refractivity contribution in [2.75, 3.05) is 27.5 Å². The number of benzene rings is 2. The Labute approximate surface area is 236 Å². The number of phenols is 2. The van der Waals surface area contributed by atoms with Crippen molar-refractivity contribution >= 4 is 67.1 Å². The van der Waals surface area contributed by atoms with Crippen LogP contribution in [0.3, 0.4) is 0 Å². The van der Waals surface area contributed by atoms with Crippen LogP contribution in [0.5, 0.6) is 11.5 Å². The molecule has 39 heavy (non-hydrogen) atoms. The average molecular weight is 619 g/mol. The second-order valence-corrected chi connectivity index (χ2v) is 14.7. The summed E-state index contributed by atoms with van der Waals surface area (Å²) in [6.07, 6.45) is 0. The smallest absolute Gasteiger partial charge is 0.326 e. The summed E-state index contributed by atoms with van der Waals surface area (Å²) in [6.45, 7) is 5.57. The van der Waals surface area contributed by atoms with E-state index in [9.17, 15) is 36.6 Å². The summed E-state index contributed by atoms with van der Waals surface area (Å²) in [6, 6.07) is 9.58. The zero-order chi connectivity index (χ0) is 29.0. The fraction of sp³-hybridized carbons (Fsp3) is 0.391. The molecule has 2 aromatic rings. The predicted octanol–water partition coefficient (Wildman–Crippen LogP) is 2.04. The minimum absolute atomic E-state index is 0.113. The van der Waals surface area contributed by atoms with Crippen LogP contribution in [-0.4, -0.2) is 63.0 Å². The summed E-state index contributed by atoms with van der Waals surface area (Å²) in [5.41, 5.74) is 2.04. The molecule has 4 rings (SSSR count). The molecule has 0 saturated carbocycles. The number of carbonyl (C=O) groups is 2. The third-order valence-electron chi connectivity index (χ3n) is 5.31. The van der Waals surface area contributed by atoms with E-state index in [1.807, 2.05) is 16.4 Å². The van der Waals surface area contributed by atoms with Gasteiger partial charge in [-0.25, -0.2) is 18.1 Å². The molecule has 0 spiro atoms. The topological polar surface area (TPSA) is 173 Å². The third-order valence-corrected chi connectivity index (χ3v) is 10.2. The summed E-state index contributed by atoms with van der Waals surface area (Å²) in [5, 5.41) is 20.4. The van der Waals surface area contributed by atoms with Crippen molar-refractivity contribution in [1.82, 2.24) is 9.44 Å². The fourth-order valence-corrected chi connectivity index (χ4v) is 7.20. The fourth-order valence-electron chi connectivity index (χ4n) is 3.54. The van der Waals surface area contributed by atoms with E-state index in [-0.39, 0.29) is 36.0 Å². The van der Waals surface area contributed by atoms with Gasteiger partial charge in [0.1, 0.15) is 24.6 Å². The van der Waals surface area contributed by atoms with Crippen LogP contribution in [0.15, 0.2) is 36.4 Å². The molecule has 2 amide bonds. The molecule has 12 nitrogen and oxygen atoms in total. The number of amides is 2. The van der Waals surface area contributed by atoms with Crippen molar-refractivity contribution in [3.63, 3.8) is 0 Å². The van der Waals surface area contributed by atoms with Gasteiger partial charge in [0.05, 0.1) is 11.4 Å². The van der Waals surface area contributed by atoms with E-state index in [1.165, 1.54) is 24.3 Å². The lowest BCUT2D eigenvalue weighted by atomic mass is 10.2. The van der Waals surface area contributed by atoms with Crippen molar-refractivity contribution in [2.45, 2.75) is 37.5 Å². The number of hydrogen-bond acceptors (Lipinski definition) is 10. The Hall–Kier alpha value is -2.82. The molecule has 2 aliphatic heterocycles. The molecule has 0 atom stereocenters. The summed E-state index contributed by atoms with van der Waals surface area (Å²) >= 11 is 3.42. The molecule has 0 unspecified atom stereocenters. The summed E-state index contributed by atoms with van der Waals surface area (Å²) < 4.78 is 52.2. The van der Waals surface area contributed by atoms with Gasteiger partial charge in [0.25, 0.3) is 11.8 Å². The largest absolute Gasteiger partial charge is 0.506 e. The van der Waals surface area contributed by atoms with Gasteiger partial charge in [-0.05, 0) is 46.4 Å². The van der Waals surface area contributed by atoms with Gasteiger partial charge in [-0.15, -0.1) is 0 Å². The number of anilines is 2. The second kappa shape index (κ2) is 12.6. The Balaban J connectivity index is 0.000000216. The molecule has 2 saturated heterocycles. The van der Waals surface area contributed by atoms with Gasteiger partial charge in [-0.3, -0.25) is 9.59 Å². The number of rotatable bonds is 8. The SMILES string of the molecule is CC(C)SCc1ccc(N2CC(=O)NS2(=O)=O)c(O)c1.CCSCc1ccc(N2CC(=O)NS2(=O)=O)c(O)c1. The van der Waals surface area contributed by atoms with Gasteiger partial charge in [-0.1, -0.05) is 32.9 Å². The molecular formula is C23H30N4O8S4. The highest BCUT2D eigenvalue weighted by molar-refractivity contribution is 7.99. The van der Waals surface area contributed by atoms with Gasteiger partial charge in [-0.2, -0.15) is 40.4 Å². The first-order chi connectivity index (χ1) is 18.2. The molecule has 0 aliphatic carbocycles.